The number of amides is 2. The third kappa shape index (κ3) is 4.17. The Morgan fingerprint density at radius 3 is 2.20 bits per heavy atom. The lowest BCUT2D eigenvalue weighted by Crippen LogP contribution is -2.61. The highest BCUT2D eigenvalue weighted by molar-refractivity contribution is 5.89. The Balaban J connectivity index is 1.18. The van der Waals surface area contributed by atoms with Gasteiger partial charge in [-0.15, -0.1) is 0 Å². The van der Waals surface area contributed by atoms with E-state index in [2.05, 4.69) is 29.6 Å². The number of fused-ring (bicyclic) bond motifs is 3. The van der Waals surface area contributed by atoms with Crippen LogP contribution in [0, 0.1) is 5.92 Å². The van der Waals surface area contributed by atoms with Crippen LogP contribution < -0.4 is 5.32 Å². The fraction of sp³-hybridized carbons (Fsp3) is 0.464. The maximum Gasteiger partial charge on any atom is 0.407 e. The highest BCUT2D eigenvalue weighted by atomic mass is 16.5. The molecule has 0 unspecified atom stereocenters. The van der Waals surface area contributed by atoms with Crippen molar-refractivity contribution in [1.29, 1.82) is 0 Å². The molecular weight excluding hydrogens is 444 g/mol. The van der Waals surface area contributed by atoms with Crippen LogP contribution in [-0.2, 0) is 14.3 Å². The summed E-state index contributed by atoms with van der Waals surface area (Å²) in [5.41, 5.74) is 3.62. The third-order valence-corrected chi connectivity index (χ3v) is 8.24. The average Bonchev–Trinajstić information content (AvgIpc) is 3.15. The highest BCUT2D eigenvalue weighted by Crippen LogP contribution is 2.44. The zero-order chi connectivity index (χ0) is 24.6. The van der Waals surface area contributed by atoms with Crippen molar-refractivity contribution in [2.45, 2.75) is 62.4 Å². The second kappa shape index (κ2) is 9.36. The van der Waals surface area contributed by atoms with Crippen LogP contribution in [0.25, 0.3) is 11.1 Å². The van der Waals surface area contributed by atoms with Crippen molar-refractivity contribution in [3.8, 4) is 11.1 Å². The first kappa shape index (κ1) is 23.4. The van der Waals surface area contributed by atoms with E-state index < -0.39 is 17.6 Å². The lowest BCUT2D eigenvalue weighted by Gasteiger charge is -2.46. The Labute approximate surface area is 205 Å². The molecule has 2 atom stereocenters. The van der Waals surface area contributed by atoms with Crippen LogP contribution in [0.1, 0.15) is 62.0 Å². The van der Waals surface area contributed by atoms with E-state index in [1.807, 2.05) is 24.3 Å². The van der Waals surface area contributed by atoms with Gasteiger partial charge in [0.1, 0.15) is 12.1 Å². The number of rotatable bonds is 6. The summed E-state index contributed by atoms with van der Waals surface area (Å²) < 4.78 is 5.67. The number of benzene rings is 2. The Bertz CT molecular complexity index is 1100. The Kier molecular flexibility index (Phi) is 6.26. The third-order valence-electron chi connectivity index (χ3n) is 8.24. The topological polar surface area (TPSA) is 95.9 Å². The molecule has 0 heterocycles. The minimum Gasteiger partial charge on any atom is -0.479 e. The highest BCUT2D eigenvalue weighted by Gasteiger charge is 2.51. The van der Waals surface area contributed by atoms with Crippen LogP contribution in [0.3, 0.4) is 0 Å². The lowest BCUT2D eigenvalue weighted by molar-refractivity contribution is -0.166. The number of hydrogen-bond donors (Lipinski definition) is 2. The Morgan fingerprint density at radius 1 is 1.00 bits per heavy atom. The van der Waals surface area contributed by atoms with E-state index in [9.17, 15) is 19.5 Å². The molecule has 3 aliphatic rings. The van der Waals surface area contributed by atoms with Crippen LogP contribution in [0.5, 0.6) is 0 Å². The number of nitrogens with zero attached hydrogens (tertiary/aromatic N) is 1. The van der Waals surface area contributed by atoms with Crippen molar-refractivity contribution in [3.63, 3.8) is 0 Å². The minimum absolute atomic E-state index is 0.00262. The van der Waals surface area contributed by atoms with E-state index >= 15 is 0 Å². The molecule has 2 N–H and O–H groups in total. The number of carboxylic acid groups (broad SMARTS) is 1. The van der Waals surface area contributed by atoms with Crippen LogP contribution in [-0.4, -0.2) is 53.2 Å². The summed E-state index contributed by atoms with van der Waals surface area (Å²) >= 11 is 0. The Morgan fingerprint density at radius 2 is 1.63 bits per heavy atom. The number of nitrogens with one attached hydrogen (secondary N) is 1. The number of carbonyl (C=O) groups excluding carboxylic acids is 2. The fourth-order valence-electron chi connectivity index (χ4n) is 6.04. The fourth-order valence-corrected chi connectivity index (χ4v) is 6.04. The van der Waals surface area contributed by atoms with E-state index in [0.29, 0.717) is 25.7 Å². The first-order chi connectivity index (χ1) is 16.9. The van der Waals surface area contributed by atoms with Gasteiger partial charge in [-0.2, -0.15) is 0 Å². The van der Waals surface area contributed by atoms with Crippen molar-refractivity contribution in [2.75, 3.05) is 13.7 Å². The molecule has 7 heteroatoms. The molecule has 35 heavy (non-hydrogen) atoms. The van der Waals surface area contributed by atoms with E-state index in [1.165, 1.54) is 16.0 Å². The first-order valence-electron chi connectivity index (χ1n) is 12.5. The number of ether oxygens (including phenoxy) is 1. The van der Waals surface area contributed by atoms with Gasteiger partial charge in [0.25, 0.3) is 0 Å². The number of aliphatic carboxylic acids is 1. The zero-order valence-electron chi connectivity index (χ0n) is 20.0. The molecule has 3 aliphatic carbocycles. The van der Waals surface area contributed by atoms with Crippen LogP contribution in [0.15, 0.2) is 48.5 Å². The van der Waals surface area contributed by atoms with Gasteiger partial charge in [-0.05, 0) is 60.8 Å². The normalized spacial score (nSPS) is 22.3. The molecule has 2 saturated carbocycles. The molecule has 0 radical (unpaired) electrons. The molecule has 5 rings (SSSR count). The average molecular weight is 477 g/mol. The van der Waals surface area contributed by atoms with E-state index in [1.54, 1.807) is 7.05 Å². The predicted octanol–water partition coefficient (Wildman–Crippen LogP) is 4.55. The van der Waals surface area contributed by atoms with Crippen molar-refractivity contribution >= 4 is 18.0 Å². The van der Waals surface area contributed by atoms with E-state index in [4.69, 9.17) is 4.74 Å². The number of hydrogen-bond acceptors (Lipinski definition) is 4. The van der Waals surface area contributed by atoms with Crippen molar-refractivity contribution in [3.05, 3.63) is 59.7 Å². The molecule has 2 aromatic rings. The second-order valence-electron chi connectivity index (χ2n) is 10.1. The molecule has 0 saturated heterocycles. The molecule has 2 fully saturated rings. The molecule has 0 bridgehead atoms. The molecule has 2 amide bonds. The maximum atomic E-state index is 13.1. The van der Waals surface area contributed by atoms with Gasteiger partial charge >= 0.3 is 12.1 Å². The zero-order valence-corrected chi connectivity index (χ0v) is 20.0. The second-order valence-corrected chi connectivity index (χ2v) is 10.1. The van der Waals surface area contributed by atoms with Gasteiger partial charge in [-0.3, -0.25) is 4.79 Å². The molecule has 0 spiro atoms. The van der Waals surface area contributed by atoms with Gasteiger partial charge in [-0.1, -0.05) is 55.0 Å². The molecule has 7 nitrogen and oxygen atoms in total. The molecule has 0 aromatic heterocycles. The van der Waals surface area contributed by atoms with E-state index in [-0.39, 0.29) is 30.4 Å². The standard InChI is InChI=1S/C28H32N2O5/c1-30(28(26(32)33)14-7-15-28)25(31)18-8-6-9-19(16-18)29-27(34)35-17-24-22-12-4-2-10-20(22)21-11-3-5-13-23(21)24/h2-5,10-13,18-19,24H,6-9,14-17H2,1H3,(H,29,34)(H,32,33)/t18-,19-/m1/s1. The molecule has 0 aliphatic heterocycles. The molecule has 2 aromatic carbocycles. The van der Waals surface area contributed by atoms with Crippen LogP contribution in [0.2, 0.25) is 0 Å². The lowest BCUT2D eigenvalue weighted by atomic mass is 9.74. The summed E-state index contributed by atoms with van der Waals surface area (Å²) in [7, 11) is 1.61. The largest absolute Gasteiger partial charge is 0.479 e. The van der Waals surface area contributed by atoms with Gasteiger partial charge in [0.05, 0.1) is 0 Å². The number of carboxylic acids is 1. The SMILES string of the molecule is CN(C(=O)[C@@H]1CCC[C@@H](NC(=O)OCC2c3ccccc3-c3ccccc32)C1)C1(C(=O)O)CCC1. The smallest absolute Gasteiger partial charge is 0.407 e. The summed E-state index contributed by atoms with van der Waals surface area (Å²) in [6, 6.07) is 16.3. The van der Waals surface area contributed by atoms with Gasteiger partial charge in [-0.25, -0.2) is 9.59 Å². The number of alkyl carbamates (subject to hydrolysis) is 1. The van der Waals surface area contributed by atoms with Crippen molar-refractivity contribution in [1.82, 2.24) is 10.2 Å². The first-order valence-corrected chi connectivity index (χ1v) is 12.5. The summed E-state index contributed by atoms with van der Waals surface area (Å²) in [4.78, 5) is 39.1. The summed E-state index contributed by atoms with van der Waals surface area (Å²) in [5.74, 6) is -1.35. The predicted molar refractivity (Wildman–Crippen MR) is 131 cm³/mol. The monoisotopic (exact) mass is 476 g/mol. The maximum absolute atomic E-state index is 13.1. The molecular formula is C28H32N2O5. The minimum atomic E-state index is -1.07. The summed E-state index contributed by atoms with van der Waals surface area (Å²) in [6.07, 6.45) is 4.14. The number of likely N-dealkylation sites (N-methyl/N-ethyl adjacent to an activating group) is 1. The van der Waals surface area contributed by atoms with Gasteiger partial charge in [0, 0.05) is 24.9 Å². The van der Waals surface area contributed by atoms with Gasteiger partial charge < -0.3 is 20.1 Å². The summed E-state index contributed by atoms with van der Waals surface area (Å²) in [6.45, 7) is 0.249. The quantitative estimate of drug-likeness (QED) is 0.638. The van der Waals surface area contributed by atoms with Crippen LogP contribution in [0.4, 0.5) is 4.79 Å². The Hall–Kier alpha value is -3.35. The van der Waals surface area contributed by atoms with E-state index in [0.717, 1.165) is 30.4 Å². The molecule has 184 valence electrons. The number of carbonyl (C=O) groups is 3. The van der Waals surface area contributed by atoms with Crippen molar-refractivity contribution in [2.24, 2.45) is 5.92 Å². The van der Waals surface area contributed by atoms with Crippen molar-refractivity contribution < 1.29 is 24.2 Å². The van der Waals surface area contributed by atoms with Gasteiger partial charge in [0.15, 0.2) is 0 Å². The summed E-state index contributed by atoms with van der Waals surface area (Å²) in [5, 5.41) is 12.6. The van der Waals surface area contributed by atoms with Crippen LogP contribution >= 0.6 is 0 Å². The van der Waals surface area contributed by atoms with Gasteiger partial charge in [0.2, 0.25) is 5.91 Å².